The average Bonchev–Trinajstić information content (AvgIpc) is 2.71. The number of hydrogen-bond acceptors (Lipinski definition) is 5. The number of sulfonamides is 1. The first-order valence-electron chi connectivity index (χ1n) is 9.37. The third-order valence-electron chi connectivity index (χ3n) is 5.16. The molecule has 1 heterocycles. The molecular formula is C22H22ClN3O4S. The molecule has 0 spiro atoms. The maximum absolute atomic E-state index is 11.7. The van der Waals surface area contributed by atoms with E-state index in [-0.39, 0.29) is 16.4 Å². The summed E-state index contributed by atoms with van der Waals surface area (Å²) in [6, 6.07) is 14.8. The number of nitrogens with two attached hydrogens (primary N) is 1. The van der Waals surface area contributed by atoms with Crippen LogP contribution in [0.15, 0.2) is 75.6 Å². The summed E-state index contributed by atoms with van der Waals surface area (Å²) in [7, 11) is -2.20. The fraction of sp³-hybridized carbons (Fsp3) is 0.182. The lowest BCUT2D eigenvalue weighted by atomic mass is 9.83. The number of benzene rings is 2. The molecule has 1 unspecified atom stereocenters. The Kier molecular flexibility index (Phi) is 6.64. The molecular weight excluding hydrogens is 438 g/mol. The lowest BCUT2D eigenvalue weighted by Gasteiger charge is -2.21. The monoisotopic (exact) mass is 459 g/mol. The van der Waals surface area contributed by atoms with Crippen molar-refractivity contribution in [2.24, 2.45) is 17.3 Å². The van der Waals surface area contributed by atoms with Crippen molar-refractivity contribution in [3.8, 4) is 0 Å². The second-order valence-electron chi connectivity index (χ2n) is 7.29. The summed E-state index contributed by atoms with van der Waals surface area (Å²) in [5.74, 6) is -0.269. The molecule has 0 fully saturated rings. The van der Waals surface area contributed by atoms with Crippen LogP contribution >= 0.6 is 11.6 Å². The summed E-state index contributed by atoms with van der Waals surface area (Å²) in [6.45, 7) is 1.93. The number of nitrogens with zero attached hydrogens (tertiary/aromatic N) is 2. The second-order valence-corrected chi connectivity index (χ2v) is 9.28. The van der Waals surface area contributed by atoms with Crippen LogP contribution in [-0.2, 0) is 17.1 Å². The molecule has 0 bridgehead atoms. The number of rotatable bonds is 6. The Balaban J connectivity index is 2.09. The Morgan fingerprint density at radius 1 is 1.16 bits per heavy atom. The van der Waals surface area contributed by atoms with Crippen molar-refractivity contribution < 1.29 is 13.6 Å². The van der Waals surface area contributed by atoms with Crippen molar-refractivity contribution in [2.45, 2.75) is 24.2 Å². The molecule has 3 N–H and O–H groups in total. The number of oxime groups is 1. The Labute approximate surface area is 185 Å². The Morgan fingerprint density at radius 2 is 1.84 bits per heavy atom. The van der Waals surface area contributed by atoms with E-state index in [9.17, 15) is 18.4 Å². The Morgan fingerprint density at radius 3 is 2.39 bits per heavy atom. The van der Waals surface area contributed by atoms with Crippen LogP contribution in [0.25, 0.3) is 0 Å². The van der Waals surface area contributed by atoms with Crippen LogP contribution in [0.3, 0.4) is 0 Å². The summed E-state index contributed by atoms with van der Waals surface area (Å²) in [5.41, 5.74) is 3.49. The SMILES string of the molecule is Cc1cc(Cl)ccc1C(C/C(=N\O)c1ccc(=O)n(C)c1)c1ccc(S(N)(=O)=O)cc1. The number of aromatic nitrogens is 1. The number of aryl methyl sites for hydroxylation is 2. The summed E-state index contributed by atoms with van der Waals surface area (Å²) in [6.07, 6.45) is 1.90. The minimum absolute atomic E-state index is 0.0111. The Hall–Kier alpha value is -2.94. The zero-order valence-corrected chi connectivity index (χ0v) is 18.6. The van der Waals surface area contributed by atoms with E-state index in [1.54, 1.807) is 37.5 Å². The van der Waals surface area contributed by atoms with Gasteiger partial charge in [0, 0.05) is 42.2 Å². The van der Waals surface area contributed by atoms with Gasteiger partial charge in [-0.15, -0.1) is 0 Å². The molecule has 0 radical (unpaired) electrons. The van der Waals surface area contributed by atoms with Crippen LogP contribution in [0, 0.1) is 6.92 Å². The van der Waals surface area contributed by atoms with Gasteiger partial charge >= 0.3 is 0 Å². The van der Waals surface area contributed by atoms with Gasteiger partial charge in [-0.25, -0.2) is 13.6 Å². The molecule has 0 aliphatic heterocycles. The zero-order valence-electron chi connectivity index (χ0n) is 17.0. The van der Waals surface area contributed by atoms with E-state index in [1.165, 1.54) is 22.8 Å². The molecule has 0 amide bonds. The molecule has 3 aromatic rings. The van der Waals surface area contributed by atoms with Crippen LogP contribution in [0.2, 0.25) is 5.02 Å². The molecule has 1 atom stereocenters. The lowest BCUT2D eigenvalue weighted by Crippen LogP contribution is -2.18. The van der Waals surface area contributed by atoms with Gasteiger partial charge in [0.15, 0.2) is 0 Å². The first kappa shape index (κ1) is 22.7. The summed E-state index contributed by atoms with van der Waals surface area (Å²) in [5, 5.41) is 19.0. The predicted octanol–water partition coefficient (Wildman–Crippen LogP) is 3.40. The van der Waals surface area contributed by atoms with Gasteiger partial charge in [0.05, 0.1) is 10.6 Å². The highest BCUT2D eigenvalue weighted by Crippen LogP contribution is 2.33. The standard InChI is InChI=1S/C22H22ClN3O4S/c1-14-11-17(23)6-9-19(14)20(15-3-7-18(8-4-15)31(24,29)30)12-21(25-28)16-5-10-22(27)26(2)13-16/h3-11,13,20,28H,12H2,1-2H3,(H2,24,29,30)/b25-21+. The molecule has 7 nitrogen and oxygen atoms in total. The van der Waals surface area contributed by atoms with Crippen LogP contribution < -0.4 is 10.7 Å². The van der Waals surface area contributed by atoms with Crippen molar-refractivity contribution in [1.82, 2.24) is 4.57 Å². The van der Waals surface area contributed by atoms with Crippen LogP contribution in [0.1, 0.15) is 34.6 Å². The third kappa shape index (κ3) is 5.22. The normalized spacial score (nSPS) is 13.2. The summed E-state index contributed by atoms with van der Waals surface area (Å²) >= 11 is 6.12. The van der Waals surface area contributed by atoms with Gasteiger partial charge in [0.1, 0.15) is 0 Å². The minimum Gasteiger partial charge on any atom is -0.411 e. The highest BCUT2D eigenvalue weighted by Gasteiger charge is 2.21. The smallest absolute Gasteiger partial charge is 0.250 e. The largest absolute Gasteiger partial charge is 0.411 e. The van der Waals surface area contributed by atoms with Gasteiger partial charge in [0.2, 0.25) is 15.6 Å². The Bertz CT molecular complexity index is 1300. The second kappa shape index (κ2) is 9.05. The third-order valence-corrected chi connectivity index (χ3v) is 6.32. The quantitative estimate of drug-likeness (QED) is 0.334. The topological polar surface area (TPSA) is 115 Å². The number of primary sulfonamides is 1. The highest BCUT2D eigenvalue weighted by molar-refractivity contribution is 7.89. The van der Waals surface area contributed by atoms with E-state index in [1.807, 2.05) is 19.1 Å². The first-order valence-corrected chi connectivity index (χ1v) is 11.3. The van der Waals surface area contributed by atoms with E-state index in [0.29, 0.717) is 22.7 Å². The van der Waals surface area contributed by atoms with Gasteiger partial charge in [-0.05, 0) is 53.9 Å². The van der Waals surface area contributed by atoms with Crippen LogP contribution in [0.5, 0.6) is 0 Å². The minimum atomic E-state index is -3.82. The van der Waals surface area contributed by atoms with Crippen molar-refractivity contribution in [2.75, 3.05) is 0 Å². The van der Waals surface area contributed by atoms with Crippen molar-refractivity contribution in [3.05, 3.63) is 98.4 Å². The lowest BCUT2D eigenvalue weighted by molar-refractivity contribution is 0.317. The zero-order chi connectivity index (χ0) is 22.8. The molecule has 1 aromatic heterocycles. The highest BCUT2D eigenvalue weighted by atomic mass is 35.5. The van der Waals surface area contributed by atoms with Gasteiger partial charge in [-0.1, -0.05) is 35.0 Å². The molecule has 0 aliphatic rings. The maximum atomic E-state index is 11.7. The molecule has 162 valence electrons. The van der Waals surface area contributed by atoms with Crippen LogP contribution in [0.4, 0.5) is 0 Å². The number of hydrogen-bond donors (Lipinski definition) is 2. The average molecular weight is 460 g/mol. The van der Waals surface area contributed by atoms with E-state index < -0.39 is 10.0 Å². The van der Waals surface area contributed by atoms with Crippen molar-refractivity contribution in [3.63, 3.8) is 0 Å². The van der Waals surface area contributed by atoms with Gasteiger partial charge in [-0.2, -0.15) is 0 Å². The van der Waals surface area contributed by atoms with Gasteiger partial charge in [0.25, 0.3) is 0 Å². The van der Waals surface area contributed by atoms with E-state index in [2.05, 4.69) is 5.16 Å². The maximum Gasteiger partial charge on any atom is 0.250 e. The molecule has 0 saturated heterocycles. The fourth-order valence-electron chi connectivity index (χ4n) is 3.50. The molecule has 9 heteroatoms. The van der Waals surface area contributed by atoms with E-state index in [0.717, 1.165) is 16.7 Å². The van der Waals surface area contributed by atoms with Crippen molar-refractivity contribution >= 4 is 27.3 Å². The molecule has 0 aliphatic carbocycles. The van der Waals surface area contributed by atoms with Gasteiger partial charge < -0.3 is 9.77 Å². The first-order chi connectivity index (χ1) is 14.6. The number of halogens is 1. The molecule has 0 saturated carbocycles. The molecule has 31 heavy (non-hydrogen) atoms. The van der Waals surface area contributed by atoms with Gasteiger partial charge in [-0.3, -0.25) is 4.79 Å². The van der Waals surface area contributed by atoms with Crippen molar-refractivity contribution in [1.29, 1.82) is 0 Å². The van der Waals surface area contributed by atoms with E-state index in [4.69, 9.17) is 16.7 Å². The molecule has 2 aromatic carbocycles. The fourth-order valence-corrected chi connectivity index (χ4v) is 4.24. The summed E-state index contributed by atoms with van der Waals surface area (Å²) in [4.78, 5) is 11.7. The number of pyridine rings is 1. The molecule has 3 rings (SSSR count). The predicted molar refractivity (Wildman–Crippen MR) is 120 cm³/mol. The summed E-state index contributed by atoms with van der Waals surface area (Å²) < 4.78 is 24.7. The van der Waals surface area contributed by atoms with Crippen LogP contribution in [-0.4, -0.2) is 23.9 Å². The van der Waals surface area contributed by atoms with E-state index >= 15 is 0 Å².